The minimum atomic E-state index is -1.57. The number of rotatable bonds is 10. The Hall–Kier alpha value is -2.89. The second-order valence-corrected chi connectivity index (χ2v) is 6.24. The van der Waals surface area contributed by atoms with E-state index >= 15 is 0 Å². The van der Waals surface area contributed by atoms with Crippen LogP contribution in [0.3, 0.4) is 0 Å². The van der Waals surface area contributed by atoms with Crippen LogP contribution in [0.4, 0.5) is 0 Å². The molecule has 0 radical (unpaired) electrons. The lowest BCUT2D eigenvalue weighted by molar-refractivity contribution is -0.148. The monoisotopic (exact) mass is 386 g/mol. The normalized spacial score (nSPS) is 18.4. The van der Waals surface area contributed by atoms with E-state index in [2.05, 4.69) is 10.3 Å². The van der Waals surface area contributed by atoms with Crippen LogP contribution in [0.1, 0.15) is 32.1 Å². The zero-order valence-corrected chi connectivity index (χ0v) is 14.8. The summed E-state index contributed by atoms with van der Waals surface area (Å²) in [6.07, 6.45) is 0.942. The molecular formula is C15H26N6O6. The highest BCUT2D eigenvalue weighted by Gasteiger charge is 2.37. The first-order chi connectivity index (χ1) is 12.6. The van der Waals surface area contributed by atoms with Crippen molar-refractivity contribution in [2.24, 2.45) is 22.2 Å². The van der Waals surface area contributed by atoms with Gasteiger partial charge in [0.2, 0.25) is 11.8 Å². The standard InChI is InChI=1S/C15H26N6O6/c16-8(3-1-5-19-15(17)18)13(25)21-6-2-4-10(21)12(24)20-9(14(26)27)7-11(22)23/h8-10H,1-7,16H2,(H,20,24)(H,22,23)(H,26,27)(H4,17,18,19)/t8-,9-,10-/m0/s1. The number of nitrogens with one attached hydrogen (secondary N) is 1. The zero-order chi connectivity index (χ0) is 20.6. The predicted octanol–water partition coefficient (Wildman–Crippen LogP) is -2.60. The van der Waals surface area contributed by atoms with Gasteiger partial charge in [0.05, 0.1) is 12.5 Å². The Morgan fingerprint density at radius 1 is 1.22 bits per heavy atom. The summed E-state index contributed by atoms with van der Waals surface area (Å²) in [6, 6.07) is -3.29. The summed E-state index contributed by atoms with van der Waals surface area (Å²) in [7, 11) is 0. The van der Waals surface area contributed by atoms with Crippen molar-refractivity contribution in [1.82, 2.24) is 10.2 Å². The summed E-state index contributed by atoms with van der Waals surface area (Å²) in [5.41, 5.74) is 16.3. The van der Waals surface area contributed by atoms with Crippen molar-refractivity contribution in [2.45, 2.75) is 50.2 Å². The van der Waals surface area contributed by atoms with Crippen molar-refractivity contribution in [1.29, 1.82) is 0 Å². The van der Waals surface area contributed by atoms with Crippen LogP contribution >= 0.6 is 0 Å². The quantitative estimate of drug-likeness (QED) is 0.132. The van der Waals surface area contributed by atoms with E-state index in [0.29, 0.717) is 38.8 Å². The van der Waals surface area contributed by atoms with E-state index in [-0.39, 0.29) is 5.96 Å². The molecule has 0 aromatic carbocycles. The maximum atomic E-state index is 12.5. The number of carbonyl (C=O) groups is 4. The van der Waals surface area contributed by atoms with E-state index in [1.165, 1.54) is 4.90 Å². The zero-order valence-electron chi connectivity index (χ0n) is 14.8. The molecule has 0 aromatic rings. The molecule has 1 fully saturated rings. The highest BCUT2D eigenvalue weighted by molar-refractivity contribution is 5.93. The van der Waals surface area contributed by atoms with Crippen LogP contribution < -0.4 is 22.5 Å². The van der Waals surface area contributed by atoms with Gasteiger partial charge in [0, 0.05) is 13.1 Å². The fourth-order valence-electron chi connectivity index (χ4n) is 2.80. The smallest absolute Gasteiger partial charge is 0.326 e. The van der Waals surface area contributed by atoms with Gasteiger partial charge < -0.3 is 37.6 Å². The number of carbonyl (C=O) groups excluding carboxylic acids is 2. The number of likely N-dealkylation sites (tertiary alicyclic amines) is 1. The number of carboxylic acids is 2. The molecule has 1 heterocycles. The Labute approximate surface area is 155 Å². The van der Waals surface area contributed by atoms with Gasteiger partial charge in [0.25, 0.3) is 0 Å². The number of nitrogens with two attached hydrogens (primary N) is 3. The number of guanidine groups is 1. The van der Waals surface area contributed by atoms with Gasteiger partial charge in [-0.2, -0.15) is 0 Å². The first-order valence-electron chi connectivity index (χ1n) is 8.50. The molecule has 1 aliphatic heterocycles. The van der Waals surface area contributed by atoms with Crippen molar-refractivity contribution in [3.63, 3.8) is 0 Å². The third-order valence-corrected chi connectivity index (χ3v) is 4.12. The van der Waals surface area contributed by atoms with Crippen LogP contribution in [0.2, 0.25) is 0 Å². The topological polar surface area (TPSA) is 214 Å². The Morgan fingerprint density at radius 2 is 1.89 bits per heavy atom. The van der Waals surface area contributed by atoms with Crippen molar-refractivity contribution in [3.05, 3.63) is 0 Å². The first-order valence-corrected chi connectivity index (χ1v) is 8.50. The number of hydrogen-bond donors (Lipinski definition) is 6. The molecule has 1 rings (SSSR count). The third kappa shape index (κ3) is 7.09. The van der Waals surface area contributed by atoms with Gasteiger partial charge in [-0.1, -0.05) is 0 Å². The van der Waals surface area contributed by atoms with E-state index in [1.54, 1.807) is 0 Å². The molecule has 1 aliphatic rings. The average molecular weight is 386 g/mol. The molecule has 152 valence electrons. The van der Waals surface area contributed by atoms with Crippen LogP contribution in [0.5, 0.6) is 0 Å². The largest absolute Gasteiger partial charge is 0.481 e. The van der Waals surface area contributed by atoms with Gasteiger partial charge in [0.1, 0.15) is 12.1 Å². The van der Waals surface area contributed by atoms with Gasteiger partial charge in [-0.15, -0.1) is 0 Å². The third-order valence-electron chi connectivity index (χ3n) is 4.12. The Bertz CT molecular complexity index is 606. The van der Waals surface area contributed by atoms with E-state index in [1.807, 2.05) is 0 Å². The summed E-state index contributed by atoms with van der Waals surface area (Å²) in [5, 5.41) is 19.9. The fourth-order valence-corrected chi connectivity index (χ4v) is 2.80. The van der Waals surface area contributed by atoms with Crippen LogP contribution in [0.25, 0.3) is 0 Å². The molecule has 0 aromatic heterocycles. The van der Waals surface area contributed by atoms with Gasteiger partial charge in [-0.25, -0.2) is 4.79 Å². The molecule has 9 N–H and O–H groups in total. The van der Waals surface area contributed by atoms with E-state index in [4.69, 9.17) is 27.4 Å². The summed E-state index contributed by atoms with van der Waals surface area (Å²) in [5.74, 6) is -4.01. The summed E-state index contributed by atoms with van der Waals surface area (Å²) < 4.78 is 0. The number of amides is 2. The van der Waals surface area contributed by atoms with E-state index in [9.17, 15) is 19.2 Å². The lowest BCUT2D eigenvalue weighted by Crippen LogP contribution is -2.54. The fraction of sp³-hybridized carbons (Fsp3) is 0.667. The second-order valence-electron chi connectivity index (χ2n) is 6.24. The van der Waals surface area contributed by atoms with Crippen LogP contribution in [-0.2, 0) is 19.2 Å². The van der Waals surface area contributed by atoms with Crippen molar-refractivity contribution in [3.8, 4) is 0 Å². The highest BCUT2D eigenvalue weighted by Crippen LogP contribution is 2.19. The van der Waals surface area contributed by atoms with E-state index in [0.717, 1.165) is 0 Å². The summed E-state index contributed by atoms with van der Waals surface area (Å²) >= 11 is 0. The average Bonchev–Trinajstić information content (AvgIpc) is 3.06. The van der Waals surface area contributed by atoms with Crippen molar-refractivity contribution < 1.29 is 29.4 Å². The molecule has 2 amide bonds. The minimum absolute atomic E-state index is 0.0551. The number of carboxylic acid groups (broad SMARTS) is 2. The highest BCUT2D eigenvalue weighted by atomic mass is 16.4. The molecule has 12 nitrogen and oxygen atoms in total. The molecule has 0 spiro atoms. The lowest BCUT2D eigenvalue weighted by Gasteiger charge is -2.27. The number of nitrogens with zero attached hydrogens (tertiary/aromatic N) is 2. The Balaban J connectivity index is 2.66. The number of hydrogen-bond acceptors (Lipinski definition) is 6. The summed E-state index contributed by atoms with van der Waals surface area (Å²) in [4.78, 5) is 51.8. The number of aliphatic carboxylic acids is 2. The first kappa shape index (κ1) is 22.2. The SMILES string of the molecule is NC(N)=NCCC[C@H](N)C(=O)N1CCC[C@H]1C(=O)N[C@@H](CC(=O)O)C(=O)O. The lowest BCUT2D eigenvalue weighted by atomic mass is 10.1. The molecule has 0 aliphatic carbocycles. The molecule has 0 unspecified atom stereocenters. The van der Waals surface area contributed by atoms with Gasteiger partial charge in [-0.3, -0.25) is 19.4 Å². The van der Waals surface area contributed by atoms with Crippen molar-refractivity contribution in [2.75, 3.05) is 13.1 Å². The summed E-state index contributed by atoms with van der Waals surface area (Å²) in [6.45, 7) is 0.637. The van der Waals surface area contributed by atoms with Gasteiger partial charge in [0.15, 0.2) is 5.96 Å². The Kier molecular flexibility index (Phi) is 8.45. The van der Waals surface area contributed by atoms with Gasteiger partial charge >= 0.3 is 11.9 Å². The molecule has 1 saturated heterocycles. The Morgan fingerprint density at radius 3 is 2.44 bits per heavy atom. The van der Waals surface area contributed by atoms with Gasteiger partial charge in [-0.05, 0) is 25.7 Å². The maximum absolute atomic E-state index is 12.5. The van der Waals surface area contributed by atoms with Crippen molar-refractivity contribution >= 4 is 29.7 Å². The molecular weight excluding hydrogens is 360 g/mol. The molecule has 0 bridgehead atoms. The van der Waals surface area contributed by atoms with Crippen LogP contribution in [0, 0.1) is 0 Å². The van der Waals surface area contributed by atoms with E-state index < -0.39 is 48.3 Å². The maximum Gasteiger partial charge on any atom is 0.326 e. The van der Waals surface area contributed by atoms with Crippen LogP contribution in [-0.4, -0.2) is 76.0 Å². The molecule has 12 heteroatoms. The molecule has 27 heavy (non-hydrogen) atoms. The predicted molar refractivity (Wildman–Crippen MR) is 94.4 cm³/mol. The minimum Gasteiger partial charge on any atom is -0.481 e. The number of aliphatic imine (C=N–C) groups is 1. The van der Waals surface area contributed by atoms with Crippen LogP contribution in [0.15, 0.2) is 4.99 Å². The molecule has 0 saturated carbocycles. The molecule has 3 atom stereocenters. The second kappa shape index (κ2) is 10.3.